The van der Waals surface area contributed by atoms with Crippen molar-refractivity contribution >= 4 is 23.1 Å². The molecular formula is C15H20N4S2. The Balaban J connectivity index is 1.42. The molecule has 0 spiro atoms. The summed E-state index contributed by atoms with van der Waals surface area (Å²) < 4.78 is 2.45. The lowest BCUT2D eigenvalue weighted by Crippen LogP contribution is -2.04. The van der Waals surface area contributed by atoms with Crippen molar-refractivity contribution in [2.75, 3.05) is 0 Å². The molecule has 112 valence electrons. The molecule has 0 bridgehead atoms. The van der Waals surface area contributed by atoms with Crippen molar-refractivity contribution in [3.05, 3.63) is 27.2 Å². The van der Waals surface area contributed by atoms with Gasteiger partial charge in [0.1, 0.15) is 16.7 Å². The van der Waals surface area contributed by atoms with E-state index in [4.69, 9.17) is 0 Å². The van der Waals surface area contributed by atoms with Crippen LogP contribution in [0.5, 0.6) is 0 Å². The summed E-state index contributed by atoms with van der Waals surface area (Å²) in [5.74, 6) is 5.06. The molecular weight excluding hydrogens is 300 g/mol. The standard InChI is InChI=1S/C15H20N4S2/c1-9-10(2)21-14(16-9)8-20-7-13-17-18-15(11-3-4-11)19(13)12-5-6-12/h11-12H,3-8H2,1-2H3. The number of thioether (sulfide) groups is 1. The summed E-state index contributed by atoms with van der Waals surface area (Å²) >= 11 is 3.73. The molecule has 6 heteroatoms. The zero-order chi connectivity index (χ0) is 14.4. The minimum atomic E-state index is 0.690. The lowest BCUT2D eigenvalue weighted by molar-refractivity contribution is 0.661. The Morgan fingerprint density at radius 2 is 1.95 bits per heavy atom. The van der Waals surface area contributed by atoms with Crippen molar-refractivity contribution in [3.8, 4) is 0 Å². The van der Waals surface area contributed by atoms with Gasteiger partial charge in [-0.1, -0.05) is 0 Å². The van der Waals surface area contributed by atoms with E-state index in [1.54, 1.807) is 0 Å². The van der Waals surface area contributed by atoms with Crippen LogP contribution in [0.1, 0.15) is 64.9 Å². The number of aryl methyl sites for hydroxylation is 2. The summed E-state index contributed by atoms with van der Waals surface area (Å²) in [6.45, 7) is 4.23. The minimum absolute atomic E-state index is 0.690. The van der Waals surface area contributed by atoms with Gasteiger partial charge in [-0.15, -0.1) is 33.3 Å². The third-order valence-electron chi connectivity index (χ3n) is 4.18. The quantitative estimate of drug-likeness (QED) is 0.807. The highest BCUT2D eigenvalue weighted by Gasteiger charge is 2.36. The van der Waals surface area contributed by atoms with E-state index in [-0.39, 0.29) is 0 Å². The van der Waals surface area contributed by atoms with Crippen molar-refractivity contribution in [3.63, 3.8) is 0 Å². The molecule has 2 aromatic rings. The zero-order valence-electron chi connectivity index (χ0n) is 12.5. The van der Waals surface area contributed by atoms with E-state index in [1.807, 2.05) is 23.1 Å². The molecule has 2 heterocycles. The number of aromatic nitrogens is 4. The first-order valence-electron chi connectivity index (χ1n) is 7.66. The van der Waals surface area contributed by atoms with Gasteiger partial charge in [0.2, 0.25) is 0 Å². The van der Waals surface area contributed by atoms with Crippen LogP contribution in [0.15, 0.2) is 0 Å². The first-order chi connectivity index (χ1) is 10.2. The predicted octanol–water partition coefficient (Wildman–Crippen LogP) is 4.00. The van der Waals surface area contributed by atoms with Gasteiger partial charge in [-0.25, -0.2) is 4.98 Å². The van der Waals surface area contributed by atoms with E-state index in [0.717, 1.165) is 11.5 Å². The van der Waals surface area contributed by atoms with E-state index < -0.39 is 0 Å². The molecule has 2 aliphatic carbocycles. The molecule has 0 saturated heterocycles. The van der Waals surface area contributed by atoms with Gasteiger partial charge in [-0.05, 0) is 39.5 Å². The molecule has 2 fully saturated rings. The Bertz CT molecular complexity index is 633. The summed E-state index contributed by atoms with van der Waals surface area (Å²) in [5.41, 5.74) is 1.17. The number of thiazole rings is 1. The maximum absolute atomic E-state index is 4.61. The highest BCUT2D eigenvalue weighted by Crippen LogP contribution is 2.45. The molecule has 0 radical (unpaired) electrons. The molecule has 0 N–H and O–H groups in total. The second-order valence-corrected chi connectivity index (χ2v) is 8.37. The molecule has 2 aromatic heterocycles. The van der Waals surface area contributed by atoms with Crippen LogP contribution in [-0.2, 0) is 11.5 Å². The molecule has 0 aliphatic heterocycles. The SMILES string of the molecule is Cc1nc(CSCc2nnc(C3CC3)n2C2CC2)sc1C. The van der Waals surface area contributed by atoms with Gasteiger partial charge in [0, 0.05) is 22.6 Å². The molecule has 4 rings (SSSR count). The van der Waals surface area contributed by atoms with Crippen LogP contribution in [0, 0.1) is 13.8 Å². The zero-order valence-corrected chi connectivity index (χ0v) is 14.1. The Labute approximate surface area is 133 Å². The van der Waals surface area contributed by atoms with Crippen LogP contribution < -0.4 is 0 Å². The Morgan fingerprint density at radius 1 is 1.14 bits per heavy atom. The van der Waals surface area contributed by atoms with Gasteiger partial charge < -0.3 is 4.57 Å². The maximum Gasteiger partial charge on any atom is 0.143 e. The first-order valence-corrected chi connectivity index (χ1v) is 9.64. The van der Waals surface area contributed by atoms with E-state index in [1.165, 1.54) is 52.9 Å². The minimum Gasteiger partial charge on any atom is -0.311 e. The van der Waals surface area contributed by atoms with Crippen LogP contribution in [0.3, 0.4) is 0 Å². The van der Waals surface area contributed by atoms with E-state index in [0.29, 0.717) is 12.0 Å². The van der Waals surface area contributed by atoms with Gasteiger partial charge in [0.05, 0.1) is 11.4 Å². The fourth-order valence-corrected chi connectivity index (χ4v) is 4.55. The number of hydrogen-bond acceptors (Lipinski definition) is 5. The van der Waals surface area contributed by atoms with E-state index in [2.05, 4.69) is 33.6 Å². The molecule has 2 saturated carbocycles. The van der Waals surface area contributed by atoms with Crippen LogP contribution in [0.4, 0.5) is 0 Å². The Kier molecular flexibility index (Phi) is 3.53. The summed E-state index contributed by atoms with van der Waals surface area (Å²) in [7, 11) is 0. The van der Waals surface area contributed by atoms with Gasteiger partial charge in [0.25, 0.3) is 0 Å². The molecule has 0 aromatic carbocycles. The molecule has 2 aliphatic rings. The molecule has 0 amide bonds. The summed E-state index contributed by atoms with van der Waals surface area (Å²) in [4.78, 5) is 5.95. The van der Waals surface area contributed by atoms with Gasteiger partial charge in [0.15, 0.2) is 0 Å². The monoisotopic (exact) mass is 320 g/mol. The lowest BCUT2D eigenvalue weighted by atomic mass is 10.4. The van der Waals surface area contributed by atoms with Gasteiger partial charge in [-0.2, -0.15) is 0 Å². The molecule has 0 unspecified atom stereocenters. The summed E-state index contributed by atoms with van der Waals surface area (Å²) in [6.07, 6.45) is 5.21. The van der Waals surface area contributed by atoms with Crippen LogP contribution in [-0.4, -0.2) is 19.7 Å². The number of rotatable bonds is 6. The van der Waals surface area contributed by atoms with E-state index in [9.17, 15) is 0 Å². The molecule has 0 atom stereocenters. The fraction of sp³-hybridized carbons (Fsp3) is 0.667. The third-order valence-corrected chi connectivity index (χ3v) is 6.37. The number of nitrogens with zero attached hydrogens (tertiary/aromatic N) is 4. The topological polar surface area (TPSA) is 43.6 Å². The van der Waals surface area contributed by atoms with Crippen molar-refractivity contribution in [2.24, 2.45) is 0 Å². The van der Waals surface area contributed by atoms with Crippen molar-refractivity contribution in [1.29, 1.82) is 0 Å². The van der Waals surface area contributed by atoms with E-state index >= 15 is 0 Å². The molecule has 4 nitrogen and oxygen atoms in total. The first kappa shape index (κ1) is 13.8. The van der Waals surface area contributed by atoms with Crippen molar-refractivity contribution < 1.29 is 0 Å². The van der Waals surface area contributed by atoms with Crippen LogP contribution in [0.25, 0.3) is 0 Å². The third kappa shape index (κ3) is 2.88. The van der Waals surface area contributed by atoms with Gasteiger partial charge in [-0.3, -0.25) is 0 Å². The average Bonchev–Trinajstić information content (AvgIpc) is 3.38. The lowest BCUT2D eigenvalue weighted by Gasteiger charge is -2.07. The second kappa shape index (κ2) is 5.39. The summed E-state index contributed by atoms with van der Waals surface area (Å²) in [5, 5.41) is 10.2. The smallest absolute Gasteiger partial charge is 0.143 e. The average molecular weight is 320 g/mol. The number of hydrogen-bond donors (Lipinski definition) is 0. The van der Waals surface area contributed by atoms with Crippen LogP contribution in [0.2, 0.25) is 0 Å². The summed E-state index contributed by atoms with van der Waals surface area (Å²) in [6, 6.07) is 0.690. The predicted molar refractivity (Wildman–Crippen MR) is 86.9 cm³/mol. The fourth-order valence-electron chi connectivity index (χ4n) is 2.62. The Morgan fingerprint density at radius 3 is 2.57 bits per heavy atom. The van der Waals surface area contributed by atoms with Gasteiger partial charge >= 0.3 is 0 Å². The van der Waals surface area contributed by atoms with Crippen LogP contribution >= 0.6 is 23.1 Å². The maximum atomic E-state index is 4.61. The largest absolute Gasteiger partial charge is 0.311 e. The highest BCUT2D eigenvalue weighted by molar-refractivity contribution is 7.97. The van der Waals surface area contributed by atoms with Crippen molar-refractivity contribution in [2.45, 2.75) is 63.0 Å². The second-order valence-electron chi connectivity index (χ2n) is 6.09. The molecule has 21 heavy (non-hydrogen) atoms. The normalized spacial score (nSPS) is 18.4. The highest BCUT2D eigenvalue weighted by atomic mass is 32.2. The Hall–Kier alpha value is -0.880. The van der Waals surface area contributed by atoms with Crippen molar-refractivity contribution in [1.82, 2.24) is 19.7 Å².